The number of hydrogen-bond donors (Lipinski definition) is 0. The van der Waals surface area contributed by atoms with Crippen LogP contribution in [-0.4, -0.2) is 33.5 Å². The Bertz CT molecular complexity index is 1550. The van der Waals surface area contributed by atoms with E-state index in [1.165, 1.54) is 11.8 Å². The first-order valence-corrected chi connectivity index (χ1v) is 12.1. The van der Waals surface area contributed by atoms with Crippen LogP contribution in [-0.2, 0) is 4.74 Å². The standard InChI is InChI=1S/C27H27BrN4O3/c1-15(2)25-30-23-11-10-20(28)13-22(23)26(33)32(25)29-14-19-12-16(3)31(18(19)5)24-9-7-8-21(17(24)4)27(34)35-6/h7-15H,1-6H3. The molecule has 0 N–H and O–H groups in total. The van der Waals surface area contributed by atoms with Gasteiger partial charge in [-0.25, -0.2) is 9.78 Å². The van der Waals surface area contributed by atoms with Gasteiger partial charge in [-0.1, -0.05) is 35.8 Å². The molecule has 2 aromatic heterocycles. The van der Waals surface area contributed by atoms with Gasteiger partial charge in [-0.15, -0.1) is 0 Å². The summed E-state index contributed by atoms with van der Waals surface area (Å²) in [6, 6.07) is 13.0. The minimum absolute atomic E-state index is 0.00374. The van der Waals surface area contributed by atoms with Gasteiger partial charge in [0, 0.05) is 33.0 Å². The van der Waals surface area contributed by atoms with Crippen molar-refractivity contribution in [3.8, 4) is 5.69 Å². The zero-order valence-electron chi connectivity index (χ0n) is 20.6. The molecule has 0 saturated heterocycles. The van der Waals surface area contributed by atoms with E-state index < -0.39 is 0 Å². The van der Waals surface area contributed by atoms with Crippen LogP contribution >= 0.6 is 15.9 Å². The number of aryl methyl sites for hydroxylation is 1. The summed E-state index contributed by atoms with van der Waals surface area (Å²) in [4.78, 5) is 30.2. The molecule has 0 aliphatic rings. The number of aromatic nitrogens is 3. The molecule has 4 aromatic rings. The summed E-state index contributed by atoms with van der Waals surface area (Å²) in [6.07, 6.45) is 1.69. The molecule has 0 unspecified atom stereocenters. The molecule has 0 radical (unpaired) electrons. The molecule has 0 aliphatic carbocycles. The molecule has 180 valence electrons. The number of rotatable bonds is 5. The van der Waals surface area contributed by atoms with Crippen LogP contribution in [0.15, 0.2) is 56.8 Å². The number of halogens is 1. The molecule has 0 saturated carbocycles. The van der Waals surface area contributed by atoms with E-state index in [1.807, 2.05) is 65.0 Å². The topological polar surface area (TPSA) is 78.5 Å². The van der Waals surface area contributed by atoms with Gasteiger partial charge in [0.25, 0.3) is 5.56 Å². The lowest BCUT2D eigenvalue weighted by molar-refractivity contribution is 0.0600. The molecule has 0 aliphatic heterocycles. The number of nitrogens with zero attached hydrogens (tertiary/aromatic N) is 4. The molecule has 0 bridgehead atoms. The van der Waals surface area contributed by atoms with Crippen molar-refractivity contribution in [2.45, 2.75) is 40.5 Å². The summed E-state index contributed by atoms with van der Waals surface area (Å²) in [5, 5.41) is 5.08. The maximum atomic E-state index is 13.3. The molecule has 35 heavy (non-hydrogen) atoms. The number of ether oxygens (including phenoxy) is 1. The summed E-state index contributed by atoms with van der Waals surface area (Å²) < 4.78 is 9.20. The maximum Gasteiger partial charge on any atom is 0.338 e. The molecule has 2 aromatic carbocycles. The predicted octanol–water partition coefficient (Wildman–Crippen LogP) is 5.67. The third kappa shape index (κ3) is 4.46. The van der Waals surface area contributed by atoms with E-state index in [4.69, 9.17) is 9.72 Å². The van der Waals surface area contributed by atoms with Gasteiger partial charge in [0.15, 0.2) is 0 Å². The van der Waals surface area contributed by atoms with Gasteiger partial charge in [-0.3, -0.25) is 4.79 Å². The highest BCUT2D eigenvalue weighted by Gasteiger charge is 2.17. The predicted molar refractivity (Wildman–Crippen MR) is 142 cm³/mol. The fourth-order valence-corrected chi connectivity index (χ4v) is 4.62. The molecular weight excluding hydrogens is 508 g/mol. The van der Waals surface area contributed by atoms with Crippen LogP contribution in [0.3, 0.4) is 0 Å². The molecule has 0 spiro atoms. The first-order valence-electron chi connectivity index (χ1n) is 11.3. The van der Waals surface area contributed by atoms with Crippen molar-refractivity contribution in [3.63, 3.8) is 0 Å². The lowest BCUT2D eigenvalue weighted by atomic mass is 10.1. The normalized spacial score (nSPS) is 11.7. The van der Waals surface area contributed by atoms with Gasteiger partial charge in [0.1, 0.15) is 5.82 Å². The summed E-state index contributed by atoms with van der Waals surface area (Å²) in [5.41, 5.74) is 5.44. The lowest BCUT2D eigenvalue weighted by Crippen LogP contribution is -2.23. The quantitative estimate of drug-likeness (QED) is 0.244. The Morgan fingerprint density at radius 1 is 1.14 bits per heavy atom. The Hall–Kier alpha value is -3.52. The van der Waals surface area contributed by atoms with Crippen molar-refractivity contribution in [3.05, 3.63) is 91.2 Å². The fourth-order valence-electron chi connectivity index (χ4n) is 4.26. The molecule has 0 amide bonds. The van der Waals surface area contributed by atoms with Crippen LogP contribution in [0, 0.1) is 20.8 Å². The van der Waals surface area contributed by atoms with E-state index in [9.17, 15) is 9.59 Å². The van der Waals surface area contributed by atoms with E-state index in [2.05, 4.69) is 25.6 Å². The third-order valence-corrected chi connectivity index (χ3v) is 6.58. The molecule has 0 fully saturated rings. The summed E-state index contributed by atoms with van der Waals surface area (Å²) in [6.45, 7) is 9.86. The number of carbonyl (C=O) groups excluding carboxylic acids is 1. The van der Waals surface area contributed by atoms with Crippen LogP contribution in [0.2, 0.25) is 0 Å². The van der Waals surface area contributed by atoms with Crippen LogP contribution in [0.4, 0.5) is 0 Å². The zero-order valence-corrected chi connectivity index (χ0v) is 22.2. The first kappa shape index (κ1) is 24.6. The van der Waals surface area contributed by atoms with Gasteiger partial charge in [0.05, 0.1) is 29.8 Å². The fraction of sp³-hybridized carbons (Fsp3) is 0.259. The number of carbonyl (C=O) groups is 1. The highest BCUT2D eigenvalue weighted by molar-refractivity contribution is 9.10. The maximum absolute atomic E-state index is 13.3. The van der Waals surface area contributed by atoms with Crippen LogP contribution in [0.1, 0.15) is 58.5 Å². The van der Waals surface area contributed by atoms with Gasteiger partial charge in [0.2, 0.25) is 0 Å². The average molecular weight is 535 g/mol. The first-order chi connectivity index (χ1) is 16.6. The monoisotopic (exact) mass is 534 g/mol. The number of esters is 1. The number of fused-ring (bicyclic) bond motifs is 1. The van der Waals surface area contributed by atoms with E-state index in [0.717, 1.165) is 32.7 Å². The van der Waals surface area contributed by atoms with E-state index in [0.29, 0.717) is 22.3 Å². The van der Waals surface area contributed by atoms with E-state index in [-0.39, 0.29) is 17.4 Å². The highest BCUT2D eigenvalue weighted by atomic mass is 79.9. The molecule has 7 nitrogen and oxygen atoms in total. The number of hydrogen-bond acceptors (Lipinski definition) is 5. The van der Waals surface area contributed by atoms with Crippen molar-refractivity contribution in [2.75, 3.05) is 7.11 Å². The van der Waals surface area contributed by atoms with Crippen LogP contribution < -0.4 is 5.56 Å². The molecule has 0 atom stereocenters. The highest BCUT2D eigenvalue weighted by Crippen LogP contribution is 2.25. The van der Waals surface area contributed by atoms with Crippen LogP contribution in [0.25, 0.3) is 16.6 Å². The summed E-state index contributed by atoms with van der Waals surface area (Å²) >= 11 is 3.43. The minimum Gasteiger partial charge on any atom is -0.465 e. The van der Waals surface area contributed by atoms with Crippen molar-refractivity contribution < 1.29 is 9.53 Å². The number of methoxy groups -OCH3 is 1. The third-order valence-electron chi connectivity index (χ3n) is 6.08. The smallest absolute Gasteiger partial charge is 0.338 e. The van der Waals surface area contributed by atoms with Crippen LogP contribution in [0.5, 0.6) is 0 Å². The van der Waals surface area contributed by atoms with Gasteiger partial charge < -0.3 is 9.30 Å². The van der Waals surface area contributed by atoms with Crippen molar-refractivity contribution >= 4 is 39.0 Å². The van der Waals surface area contributed by atoms with Gasteiger partial charge in [-0.05, 0) is 62.7 Å². The second kappa shape index (κ2) is 9.62. The van der Waals surface area contributed by atoms with Crippen molar-refractivity contribution in [2.24, 2.45) is 5.10 Å². The average Bonchev–Trinajstić information content (AvgIpc) is 3.11. The summed E-state index contributed by atoms with van der Waals surface area (Å²) in [5.74, 6) is 0.227. The SMILES string of the molecule is COC(=O)c1cccc(-n2c(C)cc(C=Nn3c(C(C)C)nc4ccc(Br)cc4c3=O)c2C)c1C. The second-order valence-corrected chi connectivity index (χ2v) is 9.67. The molecular formula is C27H27BrN4O3. The Kier molecular flexibility index (Phi) is 6.76. The lowest BCUT2D eigenvalue weighted by Gasteiger charge is -2.15. The zero-order chi connectivity index (χ0) is 25.4. The Morgan fingerprint density at radius 3 is 2.57 bits per heavy atom. The molecule has 2 heterocycles. The minimum atomic E-state index is -0.371. The molecule has 4 rings (SSSR count). The second-order valence-electron chi connectivity index (χ2n) is 8.75. The Balaban J connectivity index is 1.84. The van der Waals surface area contributed by atoms with E-state index in [1.54, 1.807) is 18.3 Å². The van der Waals surface area contributed by atoms with E-state index >= 15 is 0 Å². The van der Waals surface area contributed by atoms with Crippen molar-refractivity contribution in [1.82, 2.24) is 14.2 Å². The Morgan fingerprint density at radius 2 is 1.89 bits per heavy atom. The number of benzene rings is 2. The summed E-state index contributed by atoms with van der Waals surface area (Å²) in [7, 11) is 1.38. The van der Waals surface area contributed by atoms with Crippen molar-refractivity contribution in [1.29, 1.82) is 0 Å². The largest absolute Gasteiger partial charge is 0.465 e. The van der Waals surface area contributed by atoms with Gasteiger partial charge >= 0.3 is 5.97 Å². The van der Waals surface area contributed by atoms with Gasteiger partial charge in [-0.2, -0.15) is 9.78 Å². The molecule has 8 heteroatoms. The Labute approximate surface area is 212 Å².